The van der Waals surface area contributed by atoms with E-state index in [0.29, 0.717) is 12.0 Å². The predicted molar refractivity (Wildman–Crippen MR) is 49.8 cm³/mol. The highest BCUT2D eigenvalue weighted by atomic mass is 16.4. The molecule has 0 radical (unpaired) electrons. The van der Waals surface area contributed by atoms with Crippen LogP contribution < -0.4 is 0 Å². The molecule has 0 bridgehead atoms. The van der Waals surface area contributed by atoms with E-state index in [1.807, 2.05) is 0 Å². The fraction of sp³-hybridized carbons (Fsp3) is 0.300. The Kier molecular flexibility index (Phi) is 3.62. The molecular weight excluding hydrogens is 184 g/mol. The summed E-state index contributed by atoms with van der Waals surface area (Å²) >= 11 is 0. The topological polar surface area (TPSA) is 77.8 Å². The van der Waals surface area contributed by atoms with Crippen LogP contribution in [-0.4, -0.2) is 27.9 Å². The predicted octanol–water partition coefficient (Wildman–Crippen LogP) is 0.339. The minimum atomic E-state index is -1.47. The van der Waals surface area contributed by atoms with Gasteiger partial charge in [0.1, 0.15) is 0 Å². The summed E-state index contributed by atoms with van der Waals surface area (Å²) in [6.07, 6.45) is -0.943. The number of aliphatic hydroxyl groups excluding tert-OH is 2. The van der Waals surface area contributed by atoms with Crippen LogP contribution >= 0.6 is 0 Å². The lowest BCUT2D eigenvalue weighted by Crippen LogP contribution is -2.10. The van der Waals surface area contributed by atoms with Gasteiger partial charge in [-0.2, -0.15) is 0 Å². The summed E-state index contributed by atoms with van der Waals surface area (Å²) < 4.78 is 0. The molecule has 76 valence electrons. The third-order valence-electron chi connectivity index (χ3n) is 1.93. The van der Waals surface area contributed by atoms with E-state index < -0.39 is 12.1 Å². The standard InChI is InChI=1S/C10H12O4/c11-6-5-7-1-3-8(4-2-7)9(12)10(13)14/h1-4,9,11-12H,5-6H2,(H,13,14). The molecule has 14 heavy (non-hydrogen) atoms. The van der Waals surface area contributed by atoms with Crippen LogP contribution in [0.1, 0.15) is 17.2 Å². The molecular formula is C10H12O4. The maximum atomic E-state index is 10.4. The van der Waals surface area contributed by atoms with Gasteiger partial charge >= 0.3 is 5.97 Å². The van der Waals surface area contributed by atoms with Crippen LogP contribution in [0.2, 0.25) is 0 Å². The van der Waals surface area contributed by atoms with Gasteiger partial charge in [0.15, 0.2) is 6.10 Å². The first-order valence-electron chi connectivity index (χ1n) is 4.25. The molecule has 0 aliphatic rings. The molecule has 0 spiro atoms. The summed E-state index contributed by atoms with van der Waals surface area (Å²) in [6.45, 7) is 0.0564. The molecule has 4 heteroatoms. The zero-order chi connectivity index (χ0) is 10.6. The highest BCUT2D eigenvalue weighted by molar-refractivity contribution is 5.73. The van der Waals surface area contributed by atoms with Crippen molar-refractivity contribution >= 4 is 5.97 Å². The smallest absolute Gasteiger partial charge is 0.337 e. The number of rotatable bonds is 4. The second-order valence-electron chi connectivity index (χ2n) is 2.96. The summed E-state index contributed by atoms with van der Waals surface area (Å²) in [5, 5.41) is 26.3. The minimum absolute atomic E-state index is 0.0564. The van der Waals surface area contributed by atoms with Crippen LogP contribution in [0.15, 0.2) is 24.3 Å². The molecule has 0 saturated heterocycles. The largest absolute Gasteiger partial charge is 0.479 e. The second-order valence-corrected chi connectivity index (χ2v) is 2.96. The summed E-state index contributed by atoms with van der Waals surface area (Å²) in [4.78, 5) is 10.4. The van der Waals surface area contributed by atoms with Gasteiger partial charge in [-0.05, 0) is 17.5 Å². The Balaban J connectivity index is 2.77. The number of carboxylic acid groups (broad SMARTS) is 1. The summed E-state index contributed by atoms with van der Waals surface area (Å²) in [5.41, 5.74) is 1.26. The van der Waals surface area contributed by atoms with Gasteiger partial charge in [0, 0.05) is 6.61 Å². The SMILES string of the molecule is O=C(O)C(O)c1ccc(CCO)cc1. The highest BCUT2D eigenvalue weighted by Gasteiger charge is 2.14. The minimum Gasteiger partial charge on any atom is -0.479 e. The summed E-state index contributed by atoms with van der Waals surface area (Å²) in [5.74, 6) is -1.26. The fourth-order valence-corrected chi connectivity index (χ4v) is 1.14. The van der Waals surface area contributed by atoms with Crippen LogP contribution in [0.5, 0.6) is 0 Å². The second kappa shape index (κ2) is 4.74. The number of aliphatic carboxylic acids is 1. The molecule has 0 heterocycles. The van der Waals surface area contributed by atoms with E-state index in [0.717, 1.165) is 5.56 Å². The Morgan fingerprint density at radius 3 is 2.29 bits per heavy atom. The third-order valence-corrected chi connectivity index (χ3v) is 1.93. The van der Waals surface area contributed by atoms with Crippen molar-refractivity contribution in [3.05, 3.63) is 35.4 Å². The lowest BCUT2D eigenvalue weighted by Gasteiger charge is -2.06. The van der Waals surface area contributed by atoms with E-state index in [2.05, 4.69) is 0 Å². The van der Waals surface area contributed by atoms with Crippen LogP contribution in [0.4, 0.5) is 0 Å². The molecule has 1 rings (SSSR count). The van der Waals surface area contributed by atoms with Gasteiger partial charge in [-0.25, -0.2) is 4.79 Å². The van der Waals surface area contributed by atoms with Gasteiger partial charge in [0.2, 0.25) is 0 Å². The molecule has 1 aromatic carbocycles. The molecule has 3 N–H and O–H groups in total. The van der Waals surface area contributed by atoms with Gasteiger partial charge in [0.25, 0.3) is 0 Å². The molecule has 4 nitrogen and oxygen atoms in total. The van der Waals surface area contributed by atoms with Gasteiger partial charge < -0.3 is 15.3 Å². The van der Waals surface area contributed by atoms with E-state index in [9.17, 15) is 4.79 Å². The fourth-order valence-electron chi connectivity index (χ4n) is 1.14. The normalized spacial score (nSPS) is 12.4. The maximum absolute atomic E-state index is 10.4. The molecule has 0 aliphatic carbocycles. The molecule has 1 aromatic rings. The van der Waals surface area contributed by atoms with Crippen LogP contribution in [-0.2, 0) is 11.2 Å². The molecule has 0 aromatic heterocycles. The van der Waals surface area contributed by atoms with Gasteiger partial charge in [-0.1, -0.05) is 24.3 Å². The van der Waals surface area contributed by atoms with Gasteiger partial charge in [-0.15, -0.1) is 0 Å². The Morgan fingerprint density at radius 1 is 1.29 bits per heavy atom. The average Bonchev–Trinajstić information content (AvgIpc) is 2.18. The molecule has 0 amide bonds. The molecule has 0 aliphatic heterocycles. The van der Waals surface area contributed by atoms with Crippen molar-refractivity contribution in [3.8, 4) is 0 Å². The van der Waals surface area contributed by atoms with E-state index in [1.165, 1.54) is 0 Å². The molecule has 1 unspecified atom stereocenters. The van der Waals surface area contributed by atoms with E-state index >= 15 is 0 Å². The number of hydrogen-bond donors (Lipinski definition) is 3. The van der Waals surface area contributed by atoms with Crippen molar-refractivity contribution in [2.75, 3.05) is 6.61 Å². The van der Waals surface area contributed by atoms with E-state index in [1.54, 1.807) is 24.3 Å². The zero-order valence-corrected chi connectivity index (χ0v) is 7.55. The Bertz CT molecular complexity index is 304. The van der Waals surface area contributed by atoms with Gasteiger partial charge in [-0.3, -0.25) is 0 Å². The van der Waals surface area contributed by atoms with Crippen LogP contribution in [0.25, 0.3) is 0 Å². The molecule has 0 saturated carbocycles. The van der Waals surface area contributed by atoms with Crippen LogP contribution in [0, 0.1) is 0 Å². The van der Waals surface area contributed by atoms with Crippen molar-refractivity contribution in [2.45, 2.75) is 12.5 Å². The number of carbonyl (C=O) groups is 1. The van der Waals surface area contributed by atoms with Crippen LogP contribution in [0.3, 0.4) is 0 Å². The Hall–Kier alpha value is -1.39. The number of benzene rings is 1. The monoisotopic (exact) mass is 196 g/mol. The van der Waals surface area contributed by atoms with Crippen molar-refractivity contribution in [2.24, 2.45) is 0 Å². The highest BCUT2D eigenvalue weighted by Crippen LogP contribution is 2.13. The van der Waals surface area contributed by atoms with E-state index in [-0.39, 0.29) is 6.61 Å². The Labute approximate surface area is 81.4 Å². The summed E-state index contributed by atoms with van der Waals surface area (Å²) in [6, 6.07) is 6.48. The quantitative estimate of drug-likeness (QED) is 0.649. The van der Waals surface area contributed by atoms with Crippen molar-refractivity contribution in [1.29, 1.82) is 0 Å². The van der Waals surface area contributed by atoms with Crippen molar-refractivity contribution in [1.82, 2.24) is 0 Å². The molecule has 1 atom stereocenters. The first kappa shape index (κ1) is 10.7. The first-order valence-corrected chi connectivity index (χ1v) is 4.25. The average molecular weight is 196 g/mol. The van der Waals surface area contributed by atoms with Crippen molar-refractivity contribution in [3.63, 3.8) is 0 Å². The molecule has 0 fully saturated rings. The van der Waals surface area contributed by atoms with Crippen molar-refractivity contribution < 1.29 is 20.1 Å². The summed E-state index contributed by atoms with van der Waals surface area (Å²) in [7, 11) is 0. The lowest BCUT2D eigenvalue weighted by atomic mass is 10.1. The lowest BCUT2D eigenvalue weighted by molar-refractivity contribution is -0.146. The zero-order valence-electron chi connectivity index (χ0n) is 7.55. The van der Waals surface area contributed by atoms with Gasteiger partial charge in [0.05, 0.1) is 0 Å². The number of aliphatic hydroxyl groups is 2. The maximum Gasteiger partial charge on any atom is 0.337 e. The third kappa shape index (κ3) is 2.55. The number of hydrogen-bond acceptors (Lipinski definition) is 3. The van der Waals surface area contributed by atoms with E-state index in [4.69, 9.17) is 15.3 Å². The Morgan fingerprint density at radius 2 is 1.86 bits per heavy atom. The number of carboxylic acids is 1. The first-order chi connectivity index (χ1) is 6.65.